The molecule has 0 saturated carbocycles. The molecule has 1 unspecified atom stereocenters. The molecule has 2 aromatic rings. The molecule has 0 aliphatic carbocycles. The Morgan fingerprint density at radius 1 is 1.11 bits per heavy atom. The van der Waals surface area contributed by atoms with E-state index in [0.29, 0.717) is 28.1 Å². The van der Waals surface area contributed by atoms with E-state index in [2.05, 4.69) is 29.4 Å². The number of anilines is 1. The van der Waals surface area contributed by atoms with E-state index in [-0.39, 0.29) is 5.91 Å². The summed E-state index contributed by atoms with van der Waals surface area (Å²) in [5, 5.41) is 12.8. The number of hydrogen-bond donors (Lipinski definition) is 1. The number of carbonyl (C=O) groups is 1. The van der Waals surface area contributed by atoms with E-state index in [9.17, 15) is 4.79 Å². The molecule has 1 amide bonds. The van der Waals surface area contributed by atoms with Crippen molar-refractivity contribution in [1.29, 1.82) is 0 Å². The average Bonchev–Trinajstić information content (AvgIpc) is 3.15. The summed E-state index contributed by atoms with van der Waals surface area (Å²) in [6.45, 7) is 4.39. The van der Waals surface area contributed by atoms with Gasteiger partial charge in [-0.25, -0.2) is 0 Å². The van der Waals surface area contributed by atoms with Crippen molar-refractivity contribution < 1.29 is 14.3 Å². The van der Waals surface area contributed by atoms with Crippen molar-refractivity contribution in [3.8, 4) is 11.5 Å². The second kappa shape index (κ2) is 10.9. The number of nitrogens with one attached hydrogen (secondary N) is 1. The van der Waals surface area contributed by atoms with Crippen molar-refractivity contribution in [1.82, 2.24) is 10.2 Å². The van der Waals surface area contributed by atoms with Crippen LogP contribution in [0.15, 0.2) is 18.2 Å². The Hall–Kier alpha value is -2.15. The highest BCUT2D eigenvalue weighted by Gasteiger charge is 2.21. The maximum absolute atomic E-state index is 12.7. The second-order valence-electron chi connectivity index (χ2n) is 6.39. The van der Waals surface area contributed by atoms with Gasteiger partial charge in [-0.15, -0.1) is 10.2 Å². The van der Waals surface area contributed by atoms with Crippen LogP contribution in [0.5, 0.6) is 11.5 Å². The number of aromatic nitrogens is 2. The molecule has 148 valence electrons. The molecule has 0 saturated heterocycles. The fraction of sp³-hybridized carbons (Fsp3) is 0.550. The second-order valence-corrected chi connectivity index (χ2v) is 7.40. The van der Waals surface area contributed by atoms with Gasteiger partial charge >= 0.3 is 0 Å². The quantitative estimate of drug-likeness (QED) is 0.528. The summed E-state index contributed by atoms with van der Waals surface area (Å²) in [5.41, 5.74) is 0.353. The predicted molar refractivity (Wildman–Crippen MR) is 109 cm³/mol. The molecule has 0 bridgehead atoms. The van der Waals surface area contributed by atoms with Crippen LogP contribution in [0.4, 0.5) is 5.13 Å². The van der Waals surface area contributed by atoms with Crippen molar-refractivity contribution in [2.45, 2.75) is 58.3 Å². The van der Waals surface area contributed by atoms with E-state index in [1.807, 2.05) is 0 Å². The van der Waals surface area contributed by atoms with E-state index in [1.54, 1.807) is 18.2 Å². The summed E-state index contributed by atoms with van der Waals surface area (Å²) in [6.07, 6.45) is 7.09. The van der Waals surface area contributed by atoms with Gasteiger partial charge in [-0.3, -0.25) is 10.1 Å². The van der Waals surface area contributed by atoms with E-state index in [4.69, 9.17) is 9.47 Å². The van der Waals surface area contributed by atoms with Gasteiger partial charge in [0.15, 0.2) is 0 Å². The topological polar surface area (TPSA) is 73.3 Å². The van der Waals surface area contributed by atoms with Crippen LogP contribution in [0.1, 0.15) is 73.7 Å². The first kappa shape index (κ1) is 21.2. The van der Waals surface area contributed by atoms with Gasteiger partial charge in [0.05, 0.1) is 14.2 Å². The number of benzene rings is 1. The van der Waals surface area contributed by atoms with Gasteiger partial charge in [-0.1, -0.05) is 56.9 Å². The summed E-state index contributed by atoms with van der Waals surface area (Å²) in [6, 6.07) is 5.24. The van der Waals surface area contributed by atoms with Gasteiger partial charge in [-0.2, -0.15) is 0 Å². The standard InChI is InChI=1S/C20H29N3O3S/c1-5-7-8-9-11-14(6-2)19-22-23-20(27-19)21-18(24)17-15(25-3)12-10-13-16(17)26-4/h10,12-14H,5-9,11H2,1-4H3,(H,21,23,24). The maximum atomic E-state index is 12.7. The van der Waals surface area contributed by atoms with Crippen LogP contribution in [0.25, 0.3) is 0 Å². The van der Waals surface area contributed by atoms with Crippen molar-refractivity contribution >= 4 is 22.4 Å². The number of amides is 1. The molecule has 1 aromatic heterocycles. The van der Waals surface area contributed by atoms with Crippen molar-refractivity contribution in [3.05, 3.63) is 28.8 Å². The maximum Gasteiger partial charge on any atom is 0.265 e. The molecular weight excluding hydrogens is 362 g/mol. The summed E-state index contributed by atoms with van der Waals surface area (Å²) in [5.74, 6) is 0.992. The van der Waals surface area contributed by atoms with Gasteiger partial charge in [0, 0.05) is 5.92 Å². The molecule has 1 N–H and O–H groups in total. The van der Waals surface area contributed by atoms with E-state index in [1.165, 1.54) is 51.2 Å². The third kappa shape index (κ3) is 5.66. The molecular formula is C20H29N3O3S. The smallest absolute Gasteiger partial charge is 0.265 e. The normalized spacial score (nSPS) is 11.9. The number of hydrogen-bond acceptors (Lipinski definition) is 6. The zero-order valence-corrected chi connectivity index (χ0v) is 17.4. The Labute approximate surface area is 165 Å². The molecule has 1 atom stereocenters. The molecule has 1 heterocycles. The van der Waals surface area contributed by atoms with Gasteiger partial charge in [0.2, 0.25) is 5.13 Å². The molecule has 0 radical (unpaired) electrons. The van der Waals surface area contributed by atoms with Gasteiger partial charge in [0.1, 0.15) is 22.1 Å². The van der Waals surface area contributed by atoms with Crippen LogP contribution >= 0.6 is 11.3 Å². The van der Waals surface area contributed by atoms with Crippen LogP contribution in [0.3, 0.4) is 0 Å². The molecule has 0 spiro atoms. The van der Waals surface area contributed by atoms with Gasteiger partial charge in [0.25, 0.3) is 5.91 Å². The first-order valence-electron chi connectivity index (χ1n) is 9.50. The molecule has 0 fully saturated rings. The van der Waals surface area contributed by atoms with Crippen molar-refractivity contribution in [2.75, 3.05) is 19.5 Å². The number of unbranched alkanes of at least 4 members (excludes halogenated alkanes) is 3. The van der Waals surface area contributed by atoms with Crippen LogP contribution < -0.4 is 14.8 Å². The lowest BCUT2D eigenvalue weighted by Crippen LogP contribution is -2.14. The molecule has 2 rings (SSSR count). The third-order valence-electron chi connectivity index (χ3n) is 4.56. The zero-order valence-electron chi connectivity index (χ0n) is 16.6. The van der Waals surface area contributed by atoms with Crippen LogP contribution in [-0.4, -0.2) is 30.3 Å². The van der Waals surface area contributed by atoms with Crippen molar-refractivity contribution in [2.24, 2.45) is 0 Å². The summed E-state index contributed by atoms with van der Waals surface area (Å²) >= 11 is 1.44. The predicted octanol–water partition coefficient (Wildman–Crippen LogP) is 5.27. The first-order chi connectivity index (χ1) is 13.1. The Morgan fingerprint density at radius 3 is 2.41 bits per heavy atom. The van der Waals surface area contributed by atoms with E-state index in [0.717, 1.165) is 17.8 Å². The molecule has 0 aliphatic rings. The molecule has 6 nitrogen and oxygen atoms in total. The fourth-order valence-corrected chi connectivity index (χ4v) is 3.96. The number of carbonyl (C=O) groups excluding carboxylic acids is 1. The Balaban J connectivity index is 2.08. The lowest BCUT2D eigenvalue weighted by Gasteiger charge is -2.12. The van der Waals surface area contributed by atoms with Gasteiger partial charge in [-0.05, 0) is 25.0 Å². The Bertz CT molecular complexity index is 711. The van der Waals surface area contributed by atoms with Crippen molar-refractivity contribution in [3.63, 3.8) is 0 Å². The minimum Gasteiger partial charge on any atom is -0.496 e. The largest absolute Gasteiger partial charge is 0.496 e. The van der Waals surface area contributed by atoms with Crippen LogP contribution in [0, 0.1) is 0 Å². The fourth-order valence-electron chi connectivity index (χ4n) is 3.00. The number of methoxy groups -OCH3 is 2. The zero-order chi connectivity index (χ0) is 19.6. The lowest BCUT2D eigenvalue weighted by molar-refractivity contribution is 0.102. The van der Waals surface area contributed by atoms with Gasteiger partial charge < -0.3 is 9.47 Å². The number of ether oxygens (including phenoxy) is 2. The number of nitrogens with zero attached hydrogens (tertiary/aromatic N) is 2. The van der Waals surface area contributed by atoms with E-state index < -0.39 is 0 Å². The number of rotatable bonds is 11. The van der Waals surface area contributed by atoms with Crippen LogP contribution in [-0.2, 0) is 0 Å². The first-order valence-corrected chi connectivity index (χ1v) is 10.3. The minimum absolute atomic E-state index is 0.317. The summed E-state index contributed by atoms with van der Waals surface area (Å²) < 4.78 is 10.6. The highest BCUT2D eigenvalue weighted by atomic mass is 32.1. The average molecular weight is 392 g/mol. The molecule has 27 heavy (non-hydrogen) atoms. The SMILES string of the molecule is CCCCCCC(CC)c1nnc(NC(=O)c2c(OC)cccc2OC)s1. The van der Waals surface area contributed by atoms with Crippen LogP contribution in [0.2, 0.25) is 0 Å². The highest BCUT2D eigenvalue weighted by molar-refractivity contribution is 7.15. The Kier molecular flexibility index (Phi) is 8.51. The molecule has 7 heteroatoms. The summed E-state index contributed by atoms with van der Waals surface area (Å²) in [7, 11) is 3.05. The minimum atomic E-state index is -0.317. The molecule has 1 aromatic carbocycles. The monoisotopic (exact) mass is 391 g/mol. The highest BCUT2D eigenvalue weighted by Crippen LogP contribution is 2.32. The van der Waals surface area contributed by atoms with E-state index >= 15 is 0 Å². The third-order valence-corrected chi connectivity index (χ3v) is 5.57. The summed E-state index contributed by atoms with van der Waals surface area (Å²) in [4.78, 5) is 12.7. The lowest BCUT2D eigenvalue weighted by atomic mass is 9.99. The Morgan fingerprint density at radius 2 is 1.81 bits per heavy atom. The molecule has 0 aliphatic heterocycles.